The van der Waals surface area contributed by atoms with Gasteiger partial charge in [0.05, 0.1) is 0 Å². The van der Waals surface area contributed by atoms with Gasteiger partial charge >= 0.3 is 6.03 Å². The van der Waals surface area contributed by atoms with Crippen LogP contribution in [0.2, 0.25) is 0 Å². The van der Waals surface area contributed by atoms with Crippen molar-refractivity contribution in [2.75, 3.05) is 19.6 Å². The van der Waals surface area contributed by atoms with Crippen LogP contribution in [0.5, 0.6) is 0 Å². The molecule has 3 N–H and O–H groups in total. The summed E-state index contributed by atoms with van der Waals surface area (Å²) in [6.45, 7) is 4.02. The van der Waals surface area contributed by atoms with Crippen molar-refractivity contribution in [3.8, 4) is 0 Å². The van der Waals surface area contributed by atoms with Gasteiger partial charge in [0, 0.05) is 25.6 Å². The highest BCUT2D eigenvalue weighted by Crippen LogP contribution is 2.28. The van der Waals surface area contributed by atoms with Crippen molar-refractivity contribution in [2.45, 2.75) is 122 Å². The number of hydrogen-bond acceptors (Lipinski definition) is 2. The van der Waals surface area contributed by atoms with Crippen molar-refractivity contribution in [3.05, 3.63) is 0 Å². The molecule has 5 heteroatoms. The van der Waals surface area contributed by atoms with Crippen molar-refractivity contribution < 1.29 is 9.59 Å². The van der Waals surface area contributed by atoms with Crippen LogP contribution in [0, 0.1) is 5.92 Å². The van der Waals surface area contributed by atoms with Gasteiger partial charge in [-0.2, -0.15) is 0 Å². The molecule has 1 aliphatic carbocycles. The van der Waals surface area contributed by atoms with Crippen LogP contribution in [-0.2, 0) is 4.79 Å². The molecule has 0 atom stereocenters. The smallest absolute Gasteiger partial charge is 0.314 e. The average molecular weight is 424 g/mol. The van der Waals surface area contributed by atoms with Crippen LogP contribution in [0.15, 0.2) is 0 Å². The summed E-state index contributed by atoms with van der Waals surface area (Å²) in [6.07, 6.45) is 23.8. The van der Waals surface area contributed by atoms with Gasteiger partial charge in [-0.3, -0.25) is 4.79 Å². The zero-order valence-electron chi connectivity index (χ0n) is 19.7. The second-order valence-corrected chi connectivity index (χ2v) is 9.05. The minimum atomic E-state index is -0.128. The van der Waals surface area contributed by atoms with Crippen molar-refractivity contribution in [1.82, 2.24) is 16.0 Å². The number of hydrogen-bond donors (Lipinski definition) is 3. The molecule has 0 aromatic heterocycles. The summed E-state index contributed by atoms with van der Waals surface area (Å²) in [7, 11) is 0. The Labute approximate surface area is 185 Å². The van der Waals surface area contributed by atoms with E-state index in [1.807, 2.05) is 0 Å². The number of urea groups is 1. The van der Waals surface area contributed by atoms with Crippen LogP contribution in [0.25, 0.3) is 0 Å². The van der Waals surface area contributed by atoms with Crippen molar-refractivity contribution in [1.29, 1.82) is 0 Å². The number of unbranched alkanes of at least 4 members (excludes halogenated alkanes) is 15. The van der Waals surface area contributed by atoms with E-state index < -0.39 is 0 Å². The molecule has 0 aromatic rings. The summed E-state index contributed by atoms with van der Waals surface area (Å²) >= 11 is 0. The first-order chi connectivity index (χ1) is 14.7. The molecule has 0 unspecified atom stereocenters. The van der Waals surface area contributed by atoms with Crippen molar-refractivity contribution in [2.24, 2.45) is 5.92 Å². The Kier molecular flexibility index (Phi) is 17.6. The first kappa shape index (κ1) is 26.8. The number of rotatable bonds is 21. The number of nitrogens with one attached hydrogen (secondary N) is 3. The predicted molar refractivity (Wildman–Crippen MR) is 127 cm³/mol. The summed E-state index contributed by atoms with van der Waals surface area (Å²) in [6, 6.07) is -0.128. The van der Waals surface area contributed by atoms with Crippen molar-refractivity contribution in [3.63, 3.8) is 0 Å². The second-order valence-electron chi connectivity index (χ2n) is 9.05. The molecule has 30 heavy (non-hydrogen) atoms. The summed E-state index contributed by atoms with van der Waals surface area (Å²) < 4.78 is 0. The van der Waals surface area contributed by atoms with Crippen LogP contribution in [-0.4, -0.2) is 31.6 Å². The quantitative estimate of drug-likeness (QED) is 0.196. The Morgan fingerprint density at radius 1 is 0.567 bits per heavy atom. The van der Waals surface area contributed by atoms with E-state index in [0.717, 1.165) is 25.8 Å². The number of carbonyl (C=O) groups excluding carboxylic acids is 2. The Balaban J connectivity index is 1.69. The standard InChI is InChI=1S/C25H49N3O2/c1-2-3-4-5-6-7-8-9-10-11-12-13-14-15-16-17-20-27-25(30)28-22-21-26-24(29)23-18-19-23/h23H,2-22H2,1H3,(H,26,29)(H2,27,28,30). The lowest BCUT2D eigenvalue weighted by Gasteiger charge is -2.08. The van der Waals surface area contributed by atoms with E-state index >= 15 is 0 Å². The molecule has 5 nitrogen and oxygen atoms in total. The van der Waals surface area contributed by atoms with E-state index in [9.17, 15) is 9.59 Å². The van der Waals surface area contributed by atoms with E-state index in [4.69, 9.17) is 0 Å². The summed E-state index contributed by atoms with van der Waals surface area (Å²) in [5.74, 6) is 0.360. The topological polar surface area (TPSA) is 70.2 Å². The molecule has 1 saturated carbocycles. The number of carbonyl (C=O) groups is 2. The lowest BCUT2D eigenvalue weighted by atomic mass is 10.0. The van der Waals surface area contributed by atoms with Gasteiger partial charge in [-0.1, -0.05) is 103 Å². The van der Waals surface area contributed by atoms with Gasteiger partial charge in [-0.15, -0.1) is 0 Å². The minimum Gasteiger partial charge on any atom is -0.354 e. The molecule has 0 aromatic carbocycles. The Hall–Kier alpha value is -1.26. The van der Waals surface area contributed by atoms with Crippen LogP contribution >= 0.6 is 0 Å². The van der Waals surface area contributed by atoms with E-state index in [-0.39, 0.29) is 17.9 Å². The third kappa shape index (κ3) is 17.6. The summed E-state index contributed by atoms with van der Waals surface area (Å²) in [5, 5.41) is 8.52. The van der Waals surface area contributed by atoms with Crippen LogP contribution in [0.1, 0.15) is 122 Å². The van der Waals surface area contributed by atoms with Gasteiger partial charge in [0.2, 0.25) is 5.91 Å². The highest BCUT2D eigenvalue weighted by atomic mass is 16.2. The maximum atomic E-state index is 11.7. The second kappa shape index (κ2) is 19.7. The molecular formula is C25H49N3O2. The average Bonchev–Trinajstić information content (AvgIpc) is 3.59. The van der Waals surface area contributed by atoms with E-state index in [1.54, 1.807) is 0 Å². The summed E-state index contributed by atoms with van der Waals surface area (Å²) in [4.78, 5) is 23.1. The van der Waals surface area contributed by atoms with Crippen molar-refractivity contribution >= 4 is 11.9 Å². The maximum absolute atomic E-state index is 11.7. The van der Waals surface area contributed by atoms with Gasteiger partial charge in [0.1, 0.15) is 0 Å². The fourth-order valence-electron chi connectivity index (χ4n) is 3.79. The van der Waals surface area contributed by atoms with E-state index in [2.05, 4.69) is 22.9 Å². The zero-order chi connectivity index (χ0) is 21.7. The molecule has 0 heterocycles. The fourth-order valence-corrected chi connectivity index (χ4v) is 3.79. The lowest BCUT2D eigenvalue weighted by Crippen LogP contribution is -2.40. The molecular weight excluding hydrogens is 374 g/mol. The van der Waals surface area contributed by atoms with Crippen LogP contribution in [0.4, 0.5) is 4.79 Å². The molecule has 176 valence electrons. The first-order valence-corrected chi connectivity index (χ1v) is 13.0. The minimum absolute atomic E-state index is 0.128. The third-order valence-electron chi connectivity index (χ3n) is 5.97. The zero-order valence-corrected chi connectivity index (χ0v) is 19.7. The van der Waals surface area contributed by atoms with E-state index in [0.29, 0.717) is 13.1 Å². The van der Waals surface area contributed by atoms with E-state index in [1.165, 1.54) is 96.3 Å². The number of amides is 3. The van der Waals surface area contributed by atoms with Gasteiger partial charge in [-0.25, -0.2) is 4.79 Å². The molecule has 0 bridgehead atoms. The molecule has 1 fully saturated rings. The monoisotopic (exact) mass is 423 g/mol. The SMILES string of the molecule is CCCCCCCCCCCCCCCCCCNC(=O)NCCNC(=O)C1CC1. The van der Waals surface area contributed by atoms with Gasteiger partial charge in [-0.05, 0) is 19.3 Å². The third-order valence-corrected chi connectivity index (χ3v) is 5.97. The highest BCUT2D eigenvalue weighted by molar-refractivity contribution is 5.80. The van der Waals surface area contributed by atoms with Gasteiger partial charge in [0.25, 0.3) is 0 Å². The molecule has 0 aliphatic heterocycles. The largest absolute Gasteiger partial charge is 0.354 e. The Morgan fingerprint density at radius 2 is 0.967 bits per heavy atom. The molecule has 0 radical (unpaired) electrons. The van der Waals surface area contributed by atoms with Gasteiger partial charge in [0.15, 0.2) is 0 Å². The first-order valence-electron chi connectivity index (χ1n) is 13.0. The predicted octanol–water partition coefficient (Wildman–Crippen LogP) is 6.07. The molecule has 0 saturated heterocycles. The van der Waals surface area contributed by atoms with Crippen LogP contribution < -0.4 is 16.0 Å². The Morgan fingerprint density at radius 3 is 1.43 bits per heavy atom. The maximum Gasteiger partial charge on any atom is 0.314 e. The summed E-state index contributed by atoms with van der Waals surface area (Å²) in [5.41, 5.74) is 0. The lowest BCUT2D eigenvalue weighted by molar-refractivity contribution is -0.122. The highest BCUT2D eigenvalue weighted by Gasteiger charge is 2.28. The molecule has 3 amide bonds. The molecule has 0 spiro atoms. The molecule has 1 rings (SSSR count). The normalized spacial score (nSPS) is 13.2. The van der Waals surface area contributed by atoms with Gasteiger partial charge < -0.3 is 16.0 Å². The fraction of sp³-hybridized carbons (Fsp3) is 0.920. The Bertz CT molecular complexity index is 425. The molecule has 1 aliphatic rings. The van der Waals surface area contributed by atoms with Crippen LogP contribution in [0.3, 0.4) is 0 Å².